The second-order valence-electron chi connectivity index (χ2n) is 13.7. The number of ether oxygens (including phenoxy) is 2. The Morgan fingerprint density at radius 3 is 1.13 bits per heavy atom. The molecule has 0 radical (unpaired) electrons. The molecule has 2 unspecified atom stereocenters. The van der Waals surface area contributed by atoms with E-state index in [-0.39, 0.29) is 25.9 Å². The van der Waals surface area contributed by atoms with Gasteiger partial charge in [-0.15, -0.1) is 0 Å². The molecule has 1 aliphatic rings. The van der Waals surface area contributed by atoms with Crippen molar-refractivity contribution in [2.45, 2.75) is 50.6 Å². The molecular weight excluding hydrogens is 700 g/mol. The van der Waals surface area contributed by atoms with Crippen LogP contribution in [0.1, 0.15) is 36.8 Å². The Bertz CT molecular complexity index is 1310. The molecule has 16 nitrogen and oxygen atoms in total. The Kier molecular flexibility index (Phi) is 19.7. The van der Waals surface area contributed by atoms with Crippen LogP contribution in [0.3, 0.4) is 0 Å². The topological polar surface area (TPSA) is 233 Å². The monoisotopic (exact) mass is 758 g/mol. The molecule has 0 aromatic heterocycles. The van der Waals surface area contributed by atoms with Gasteiger partial charge in [-0.2, -0.15) is 0 Å². The predicted octanol–water partition coefficient (Wildman–Crippen LogP) is 1.00. The highest BCUT2D eigenvalue weighted by molar-refractivity contribution is 5.74. The molecule has 1 saturated heterocycles. The fourth-order valence-electron chi connectivity index (χ4n) is 6.11. The van der Waals surface area contributed by atoms with E-state index < -0.39 is 36.0 Å². The third-order valence-corrected chi connectivity index (χ3v) is 9.31. The summed E-state index contributed by atoms with van der Waals surface area (Å²) >= 11 is 0. The SMILES string of the molecule is NC(Cc1ccc(OCCCCN2CCN(CC(=O)O)CCN(CCCCOc3ccc(CC(N)C(=O)O)cc3)CCN(CC(=O)O)CC2)cc1)C(=O)O. The van der Waals surface area contributed by atoms with E-state index >= 15 is 0 Å². The molecule has 0 amide bonds. The number of carboxylic acids is 4. The molecule has 0 saturated carbocycles. The summed E-state index contributed by atoms with van der Waals surface area (Å²) in [5.74, 6) is -2.46. The van der Waals surface area contributed by atoms with Gasteiger partial charge in [0, 0.05) is 52.4 Å². The smallest absolute Gasteiger partial charge is 0.320 e. The van der Waals surface area contributed by atoms with E-state index in [0.29, 0.717) is 77.1 Å². The average Bonchev–Trinajstić information content (AvgIpc) is 3.12. The van der Waals surface area contributed by atoms with E-state index in [0.717, 1.165) is 49.9 Å². The molecule has 2 aromatic carbocycles. The summed E-state index contributed by atoms with van der Waals surface area (Å²) in [6.45, 7) is 7.29. The fourth-order valence-corrected chi connectivity index (χ4v) is 6.11. The summed E-state index contributed by atoms with van der Waals surface area (Å²) in [5, 5.41) is 37.3. The number of rotatable bonds is 22. The summed E-state index contributed by atoms with van der Waals surface area (Å²) in [6, 6.07) is 12.5. The molecule has 8 N–H and O–H groups in total. The van der Waals surface area contributed by atoms with Crippen LogP contribution in [0.15, 0.2) is 48.5 Å². The number of benzene rings is 2. The molecule has 3 rings (SSSR count). The van der Waals surface area contributed by atoms with Gasteiger partial charge < -0.3 is 51.2 Å². The molecule has 2 atom stereocenters. The zero-order chi connectivity index (χ0) is 39.3. The first kappa shape index (κ1) is 44.1. The highest BCUT2D eigenvalue weighted by Crippen LogP contribution is 2.15. The highest BCUT2D eigenvalue weighted by atomic mass is 16.5. The maximum absolute atomic E-state index is 11.7. The largest absolute Gasteiger partial charge is 0.494 e. The van der Waals surface area contributed by atoms with Crippen molar-refractivity contribution in [3.05, 3.63) is 59.7 Å². The van der Waals surface area contributed by atoms with Crippen LogP contribution in [0.2, 0.25) is 0 Å². The number of aliphatic carboxylic acids is 4. The lowest BCUT2D eigenvalue weighted by molar-refractivity contribution is -0.139. The van der Waals surface area contributed by atoms with Gasteiger partial charge in [-0.05, 0) is 87.0 Å². The summed E-state index contributed by atoms with van der Waals surface area (Å²) in [6.07, 6.45) is 3.74. The lowest BCUT2D eigenvalue weighted by Crippen LogP contribution is -2.48. The van der Waals surface area contributed by atoms with Gasteiger partial charge in [-0.25, -0.2) is 0 Å². The van der Waals surface area contributed by atoms with Crippen molar-refractivity contribution in [2.24, 2.45) is 11.5 Å². The number of nitrogens with zero attached hydrogens (tertiary/aromatic N) is 4. The third-order valence-electron chi connectivity index (χ3n) is 9.31. The average molecular weight is 759 g/mol. The lowest BCUT2D eigenvalue weighted by Gasteiger charge is -2.33. The lowest BCUT2D eigenvalue weighted by atomic mass is 10.1. The molecule has 300 valence electrons. The molecule has 1 fully saturated rings. The molecule has 1 aliphatic heterocycles. The zero-order valence-corrected chi connectivity index (χ0v) is 31.1. The number of nitrogens with two attached hydrogens (primary N) is 2. The fraction of sp³-hybridized carbons (Fsp3) is 0.579. The van der Waals surface area contributed by atoms with Crippen molar-refractivity contribution in [3.63, 3.8) is 0 Å². The van der Waals surface area contributed by atoms with Crippen molar-refractivity contribution >= 4 is 23.9 Å². The molecule has 0 aliphatic carbocycles. The van der Waals surface area contributed by atoms with E-state index in [1.54, 1.807) is 24.3 Å². The molecule has 2 aromatic rings. The highest BCUT2D eigenvalue weighted by Gasteiger charge is 2.19. The van der Waals surface area contributed by atoms with Gasteiger partial charge in [0.1, 0.15) is 23.6 Å². The van der Waals surface area contributed by atoms with Crippen molar-refractivity contribution in [1.82, 2.24) is 19.6 Å². The van der Waals surface area contributed by atoms with Crippen LogP contribution in [0, 0.1) is 0 Å². The van der Waals surface area contributed by atoms with Gasteiger partial charge in [-0.1, -0.05) is 24.3 Å². The van der Waals surface area contributed by atoms with Crippen LogP contribution in [-0.2, 0) is 32.0 Å². The Morgan fingerprint density at radius 1 is 0.519 bits per heavy atom. The summed E-state index contributed by atoms with van der Waals surface area (Å²) in [5.41, 5.74) is 12.9. The van der Waals surface area contributed by atoms with Crippen LogP contribution in [0.5, 0.6) is 11.5 Å². The molecule has 0 spiro atoms. The first-order valence-electron chi connectivity index (χ1n) is 18.6. The van der Waals surface area contributed by atoms with Crippen LogP contribution in [0.4, 0.5) is 0 Å². The molecule has 54 heavy (non-hydrogen) atoms. The quantitative estimate of drug-likeness (QED) is 0.0920. The van der Waals surface area contributed by atoms with E-state index in [1.165, 1.54) is 0 Å². The number of carbonyl (C=O) groups is 4. The molecule has 1 heterocycles. The number of hydrogen-bond donors (Lipinski definition) is 6. The van der Waals surface area contributed by atoms with Crippen LogP contribution in [-0.4, -0.2) is 168 Å². The normalized spacial score (nSPS) is 16.8. The summed E-state index contributed by atoms with van der Waals surface area (Å²) < 4.78 is 11.8. The Hall–Kier alpha value is -4.32. The third kappa shape index (κ3) is 18.1. The molecule has 16 heteroatoms. The standard InChI is InChI=1S/C38H58N6O10/c39-33(37(49)50)25-29-5-9-31(10-6-29)53-23-3-1-13-41-15-19-43(27-35(45)46)21-17-42(18-22-44(20-16-41)28-36(47)48)14-2-4-24-54-32-11-7-30(8-12-32)26-34(40)38(51)52/h5-12,33-34H,1-4,13-28,39-40H2,(H,45,46)(H,47,48)(H,49,50)(H,51,52). The Morgan fingerprint density at radius 2 is 0.833 bits per heavy atom. The van der Waals surface area contributed by atoms with Gasteiger partial charge in [0.25, 0.3) is 0 Å². The van der Waals surface area contributed by atoms with Crippen molar-refractivity contribution in [2.75, 3.05) is 91.8 Å². The maximum Gasteiger partial charge on any atom is 0.320 e. The Balaban J connectivity index is 1.47. The summed E-state index contributed by atoms with van der Waals surface area (Å²) in [7, 11) is 0. The Labute approximate surface area is 317 Å². The van der Waals surface area contributed by atoms with Crippen LogP contribution >= 0.6 is 0 Å². The minimum atomic E-state index is -1.04. The minimum absolute atomic E-state index is 0.0590. The van der Waals surface area contributed by atoms with Gasteiger partial charge in [0.05, 0.1) is 26.3 Å². The van der Waals surface area contributed by atoms with E-state index in [2.05, 4.69) is 9.80 Å². The second-order valence-corrected chi connectivity index (χ2v) is 13.7. The van der Waals surface area contributed by atoms with E-state index in [1.807, 2.05) is 34.1 Å². The number of hydrogen-bond acceptors (Lipinski definition) is 12. The van der Waals surface area contributed by atoms with Crippen LogP contribution < -0.4 is 20.9 Å². The first-order valence-corrected chi connectivity index (χ1v) is 18.6. The molecule has 0 bridgehead atoms. The van der Waals surface area contributed by atoms with Gasteiger partial charge in [-0.3, -0.25) is 29.0 Å². The van der Waals surface area contributed by atoms with Gasteiger partial charge >= 0.3 is 23.9 Å². The second kappa shape index (κ2) is 24.2. The zero-order valence-electron chi connectivity index (χ0n) is 31.1. The first-order chi connectivity index (χ1) is 25.9. The maximum atomic E-state index is 11.7. The van der Waals surface area contributed by atoms with Crippen molar-refractivity contribution in [3.8, 4) is 11.5 Å². The minimum Gasteiger partial charge on any atom is -0.494 e. The number of carboxylic acid groups (broad SMARTS) is 4. The van der Waals surface area contributed by atoms with Crippen molar-refractivity contribution < 1.29 is 49.1 Å². The summed E-state index contributed by atoms with van der Waals surface area (Å²) in [4.78, 5) is 54.0. The molecular formula is C38H58N6O10. The number of unbranched alkanes of at least 4 members (excludes halogenated alkanes) is 2. The van der Waals surface area contributed by atoms with E-state index in [4.69, 9.17) is 31.2 Å². The van der Waals surface area contributed by atoms with E-state index in [9.17, 15) is 29.4 Å². The van der Waals surface area contributed by atoms with Gasteiger partial charge in [0.15, 0.2) is 0 Å². The predicted molar refractivity (Wildman–Crippen MR) is 202 cm³/mol. The van der Waals surface area contributed by atoms with Gasteiger partial charge in [0.2, 0.25) is 0 Å². The van der Waals surface area contributed by atoms with Crippen LogP contribution in [0.25, 0.3) is 0 Å². The van der Waals surface area contributed by atoms with Crippen molar-refractivity contribution in [1.29, 1.82) is 0 Å².